The van der Waals surface area contributed by atoms with Crippen molar-refractivity contribution >= 4 is 27.1 Å². The molecule has 0 unspecified atom stereocenters. The summed E-state index contributed by atoms with van der Waals surface area (Å²) in [6.45, 7) is 1.60. The molecular formula is C12H17N3O3S. The standard InChI is InChI=1S/C12H17N3O3S/c1-19(17,18)9-3-4-11(10(13)7-9)15-6-2-5-14-12(16)8-15/h3-4,7H,2,5-6,8,13H2,1H3,(H,14,16). The number of hydrogen-bond acceptors (Lipinski definition) is 5. The molecule has 0 saturated carbocycles. The number of anilines is 2. The van der Waals surface area contributed by atoms with Gasteiger partial charge in [-0.2, -0.15) is 0 Å². The minimum atomic E-state index is -3.27. The van der Waals surface area contributed by atoms with E-state index in [2.05, 4.69) is 5.32 Å². The lowest BCUT2D eigenvalue weighted by atomic mass is 10.2. The Balaban J connectivity index is 2.32. The van der Waals surface area contributed by atoms with Gasteiger partial charge in [-0.15, -0.1) is 0 Å². The zero-order chi connectivity index (χ0) is 14.0. The van der Waals surface area contributed by atoms with Crippen LogP contribution in [0.4, 0.5) is 11.4 Å². The molecule has 104 valence electrons. The van der Waals surface area contributed by atoms with Crippen LogP contribution in [0.5, 0.6) is 0 Å². The summed E-state index contributed by atoms with van der Waals surface area (Å²) in [7, 11) is -3.27. The summed E-state index contributed by atoms with van der Waals surface area (Å²) < 4.78 is 22.9. The van der Waals surface area contributed by atoms with Crippen LogP contribution < -0.4 is 16.0 Å². The van der Waals surface area contributed by atoms with Gasteiger partial charge in [0.1, 0.15) is 0 Å². The van der Waals surface area contributed by atoms with Crippen LogP contribution in [0.3, 0.4) is 0 Å². The number of nitrogens with two attached hydrogens (primary N) is 1. The molecule has 0 bridgehead atoms. The van der Waals surface area contributed by atoms with Crippen LogP contribution in [0.25, 0.3) is 0 Å². The molecular weight excluding hydrogens is 266 g/mol. The van der Waals surface area contributed by atoms with Gasteiger partial charge in [-0.25, -0.2) is 8.42 Å². The molecule has 0 aromatic heterocycles. The van der Waals surface area contributed by atoms with Crippen molar-refractivity contribution in [3.8, 4) is 0 Å². The van der Waals surface area contributed by atoms with Crippen molar-refractivity contribution in [2.45, 2.75) is 11.3 Å². The molecule has 1 fully saturated rings. The highest BCUT2D eigenvalue weighted by molar-refractivity contribution is 7.90. The first kappa shape index (κ1) is 13.7. The van der Waals surface area contributed by atoms with Gasteiger partial charge < -0.3 is 16.0 Å². The number of rotatable bonds is 2. The van der Waals surface area contributed by atoms with Gasteiger partial charge in [0.25, 0.3) is 0 Å². The molecule has 1 aliphatic rings. The molecule has 1 saturated heterocycles. The van der Waals surface area contributed by atoms with E-state index in [-0.39, 0.29) is 17.3 Å². The van der Waals surface area contributed by atoms with Crippen molar-refractivity contribution in [3.63, 3.8) is 0 Å². The van der Waals surface area contributed by atoms with Crippen molar-refractivity contribution < 1.29 is 13.2 Å². The third-order valence-corrected chi connectivity index (χ3v) is 4.14. The number of benzene rings is 1. The Morgan fingerprint density at radius 1 is 1.37 bits per heavy atom. The number of hydrogen-bond donors (Lipinski definition) is 2. The topological polar surface area (TPSA) is 92.5 Å². The smallest absolute Gasteiger partial charge is 0.239 e. The van der Waals surface area contributed by atoms with Crippen LogP contribution in [0.2, 0.25) is 0 Å². The highest BCUT2D eigenvalue weighted by Gasteiger charge is 2.18. The summed E-state index contributed by atoms with van der Waals surface area (Å²) in [4.78, 5) is 13.6. The van der Waals surface area contributed by atoms with Gasteiger partial charge >= 0.3 is 0 Å². The normalized spacial score (nSPS) is 16.9. The fourth-order valence-corrected chi connectivity index (χ4v) is 2.72. The lowest BCUT2D eigenvalue weighted by Gasteiger charge is -2.23. The number of carbonyl (C=O) groups is 1. The van der Waals surface area contributed by atoms with Crippen LogP contribution in [0.1, 0.15) is 6.42 Å². The van der Waals surface area contributed by atoms with Gasteiger partial charge in [-0.05, 0) is 24.6 Å². The van der Waals surface area contributed by atoms with E-state index in [1.165, 1.54) is 12.1 Å². The molecule has 0 aliphatic carbocycles. The van der Waals surface area contributed by atoms with E-state index in [4.69, 9.17) is 5.73 Å². The predicted octanol–water partition coefficient (Wildman–Crippen LogP) is -0.00140. The molecule has 1 aliphatic heterocycles. The summed E-state index contributed by atoms with van der Waals surface area (Å²) >= 11 is 0. The Bertz CT molecular complexity index is 598. The van der Waals surface area contributed by atoms with E-state index >= 15 is 0 Å². The molecule has 6 nitrogen and oxygen atoms in total. The minimum absolute atomic E-state index is 0.0518. The Hall–Kier alpha value is -1.76. The largest absolute Gasteiger partial charge is 0.397 e. The first-order valence-electron chi connectivity index (χ1n) is 5.99. The summed E-state index contributed by atoms with van der Waals surface area (Å²) in [5.74, 6) is -0.0518. The van der Waals surface area contributed by atoms with Crippen molar-refractivity contribution in [2.24, 2.45) is 0 Å². The van der Waals surface area contributed by atoms with E-state index in [1.807, 2.05) is 4.90 Å². The average Bonchev–Trinajstić information content (AvgIpc) is 2.52. The third-order valence-electron chi connectivity index (χ3n) is 3.03. The van der Waals surface area contributed by atoms with E-state index in [0.717, 1.165) is 12.7 Å². The molecule has 1 amide bonds. The van der Waals surface area contributed by atoms with Gasteiger partial charge in [0.05, 0.1) is 22.8 Å². The maximum Gasteiger partial charge on any atom is 0.239 e. The summed E-state index contributed by atoms with van der Waals surface area (Å²) in [5.41, 5.74) is 6.98. The summed E-state index contributed by atoms with van der Waals surface area (Å²) in [6, 6.07) is 4.61. The number of nitrogen functional groups attached to an aromatic ring is 1. The molecule has 7 heteroatoms. The number of sulfone groups is 1. The second-order valence-electron chi connectivity index (χ2n) is 4.62. The minimum Gasteiger partial charge on any atom is -0.397 e. The van der Waals surface area contributed by atoms with Crippen LogP contribution >= 0.6 is 0 Å². The fraction of sp³-hybridized carbons (Fsp3) is 0.417. The molecule has 0 radical (unpaired) electrons. The van der Waals surface area contributed by atoms with Gasteiger partial charge in [-0.1, -0.05) is 0 Å². The quantitative estimate of drug-likeness (QED) is 0.745. The molecule has 19 heavy (non-hydrogen) atoms. The van der Waals surface area contributed by atoms with Crippen molar-refractivity contribution in [1.29, 1.82) is 0 Å². The average molecular weight is 283 g/mol. The molecule has 1 aromatic rings. The van der Waals surface area contributed by atoms with Gasteiger partial charge in [0, 0.05) is 19.3 Å². The molecule has 1 heterocycles. The van der Waals surface area contributed by atoms with Crippen molar-refractivity contribution in [2.75, 3.05) is 36.5 Å². The second-order valence-corrected chi connectivity index (χ2v) is 6.63. The first-order chi connectivity index (χ1) is 8.88. The highest BCUT2D eigenvalue weighted by Crippen LogP contribution is 2.26. The van der Waals surface area contributed by atoms with Gasteiger partial charge in [0.15, 0.2) is 9.84 Å². The number of carbonyl (C=O) groups excluding carboxylic acids is 1. The van der Waals surface area contributed by atoms with E-state index in [1.54, 1.807) is 6.07 Å². The maximum atomic E-state index is 11.5. The van der Waals surface area contributed by atoms with Crippen LogP contribution in [-0.4, -0.2) is 40.2 Å². The third kappa shape index (κ3) is 3.17. The molecule has 1 aromatic carbocycles. The lowest BCUT2D eigenvalue weighted by Crippen LogP contribution is -2.33. The van der Waals surface area contributed by atoms with E-state index in [9.17, 15) is 13.2 Å². The Morgan fingerprint density at radius 2 is 2.11 bits per heavy atom. The van der Waals surface area contributed by atoms with E-state index < -0.39 is 9.84 Å². The second kappa shape index (κ2) is 5.08. The van der Waals surface area contributed by atoms with Crippen molar-refractivity contribution in [3.05, 3.63) is 18.2 Å². The zero-order valence-electron chi connectivity index (χ0n) is 10.7. The van der Waals surface area contributed by atoms with Crippen LogP contribution in [0, 0.1) is 0 Å². The summed E-state index contributed by atoms with van der Waals surface area (Å²) in [6.07, 6.45) is 1.97. The lowest BCUT2D eigenvalue weighted by molar-refractivity contribution is -0.119. The zero-order valence-corrected chi connectivity index (χ0v) is 11.5. The van der Waals surface area contributed by atoms with Gasteiger partial charge in [-0.3, -0.25) is 4.79 Å². The molecule has 0 spiro atoms. The first-order valence-corrected chi connectivity index (χ1v) is 7.88. The van der Waals surface area contributed by atoms with Crippen LogP contribution in [-0.2, 0) is 14.6 Å². The number of nitrogens with zero attached hydrogens (tertiary/aromatic N) is 1. The van der Waals surface area contributed by atoms with Crippen LogP contribution in [0.15, 0.2) is 23.1 Å². The van der Waals surface area contributed by atoms with E-state index in [0.29, 0.717) is 24.5 Å². The molecule has 0 atom stereocenters. The molecule has 2 rings (SSSR count). The number of amides is 1. The Kier molecular flexibility index (Phi) is 3.66. The van der Waals surface area contributed by atoms with Gasteiger partial charge in [0.2, 0.25) is 5.91 Å². The Morgan fingerprint density at radius 3 is 2.74 bits per heavy atom. The Labute approximate surface area is 112 Å². The fourth-order valence-electron chi connectivity index (χ4n) is 2.06. The monoisotopic (exact) mass is 283 g/mol. The summed E-state index contributed by atoms with van der Waals surface area (Å²) in [5, 5.41) is 2.78. The predicted molar refractivity (Wildman–Crippen MR) is 73.8 cm³/mol. The molecule has 3 N–H and O–H groups in total. The number of nitrogens with one attached hydrogen (secondary N) is 1. The van der Waals surface area contributed by atoms with Crippen molar-refractivity contribution in [1.82, 2.24) is 5.32 Å². The highest BCUT2D eigenvalue weighted by atomic mass is 32.2. The SMILES string of the molecule is CS(=O)(=O)c1ccc(N2CCCNC(=O)C2)c(N)c1. The maximum absolute atomic E-state index is 11.5.